The zero-order chi connectivity index (χ0) is 7.84. The van der Waals surface area contributed by atoms with Crippen molar-refractivity contribution in [1.82, 2.24) is 0 Å². The van der Waals surface area contributed by atoms with Gasteiger partial charge in [0.25, 0.3) is 0 Å². The van der Waals surface area contributed by atoms with Crippen LogP contribution in [0, 0.1) is 0 Å². The van der Waals surface area contributed by atoms with Crippen LogP contribution in [0.2, 0.25) is 5.02 Å². The molecule has 1 heterocycles. The summed E-state index contributed by atoms with van der Waals surface area (Å²) >= 11 is 7.44. The predicted octanol–water partition coefficient (Wildman–Crippen LogP) is 2.48. The molecule has 1 aromatic carbocycles. The molecule has 0 fully saturated rings. The van der Waals surface area contributed by atoms with Gasteiger partial charge in [0.15, 0.2) is 0 Å². The second-order valence-electron chi connectivity index (χ2n) is 2.51. The van der Waals surface area contributed by atoms with Crippen molar-refractivity contribution in [3.8, 4) is 0 Å². The van der Waals surface area contributed by atoms with E-state index in [2.05, 4.69) is 0 Å². The molecule has 1 unspecified atom stereocenters. The van der Waals surface area contributed by atoms with Crippen LogP contribution in [-0.4, -0.2) is 10.9 Å². The maximum atomic E-state index is 9.43. The van der Waals surface area contributed by atoms with Crippen LogP contribution in [0.5, 0.6) is 0 Å². The number of benzene rings is 1. The molecule has 0 saturated heterocycles. The molecule has 1 aliphatic rings. The molecule has 0 saturated carbocycles. The smallest absolute Gasteiger partial charge is 0.0895 e. The summed E-state index contributed by atoms with van der Waals surface area (Å²) in [6.07, 6.45) is -0.325. The molecular weight excluding hydrogens is 180 g/mol. The molecule has 1 N–H and O–H groups in total. The third-order valence-corrected chi connectivity index (χ3v) is 3.13. The largest absolute Gasteiger partial charge is 0.387 e. The summed E-state index contributed by atoms with van der Waals surface area (Å²) in [5.41, 5.74) is 0.975. The lowest BCUT2D eigenvalue weighted by atomic mass is 10.1. The summed E-state index contributed by atoms with van der Waals surface area (Å²) in [6, 6.07) is 5.64. The van der Waals surface area contributed by atoms with Crippen molar-refractivity contribution in [2.24, 2.45) is 0 Å². The van der Waals surface area contributed by atoms with Crippen LogP contribution >= 0.6 is 23.4 Å². The van der Waals surface area contributed by atoms with Gasteiger partial charge >= 0.3 is 0 Å². The minimum Gasteiger partial charge on any atom is -0.387 e. The van der Waals surface area contributed by atoms with Crippen LogP contribution in [0.1, 0.15) is 11.7 Å². The number of aliphatic hydroxyl groups is 1. The Morgan fingerprint density at radius 1 is 1.55 bits per heavy atom. The van der Waals surface area contributed by atoms with Crippen molar-refractivity contribution in [2.45, 2.75) is 11.0 Å². The van der Waals surface area contributed by atoms with Gasteiger partial charge in [0, 0.05) is 15.7 Å². The lowest BCUT2D eigenvalue weighted by molar-refractivity contribution is 0.205. The zero-order valence-electron chi connectivity index (χ0n) is 5.75. The van der Waals surface area contributed by atoms with Gasteiger partial charge < -0.3 is 5.11 Å². The van der Waals surface area contributed by atoms with E-state index in [0.29, 0.717) is 5.02 Å². The van der Waals surface area contributed by atoms with Crippen molar-refractivity contribution in [2.75, 3.05) is 5.75 Å². The van der Waals surface area contributed by atoms with E-state index in [1.807, 2.05) is 18.2 Å². The number of fused-ring (bicyclic) bond motifs is 1. The summed E-state index contributed by atoms with van der Waals surface area (Å²) in [6.45, 7) is 0. The molecule has 0 spiro atoms. The number of thioether (sulfide) groups is 1. The van der Waals surface area contributed by atoms with Crippen LogP contribution in [0.15, 0.2) is 23.1 Å². The van der Waals surface area contributed by atoms with E-state index < -0.39 is 0 Å². The van der Waals surface area contributed by atoms with Crippen LogP contribution in [0.3, 0.4) is 0 Å². The molecule has 2 rings (SSSR count). The van der Waals surface area contributed by atoms with Gasteiger partial charge in [0.2, 0.25) is 0 Å². The lowest BCUT2D eigenvalue weighted by Crippen LogP contribution is -1.92. The van der Waals surface area contributed by atoms with Gasteiger partial charge in [-0.2, -0.15) is 0 Å². The second kappa shape index (κ2) is 2.70. The van der Waals surface area contributed by atoms with E-state index in [1.165, 1.54) is 0 Å². The van der Waals surface area contributed by atoms with Crippen LogP contribution < -0.4 is 0 Å². The molecule has 11 heavy (non-hydrogen) atoms. The molecule has 1 aliphatic heterocycles. The quantitative estimate of drug-likeness (QED) is 0.672. The third-order valence-electron chi connectivity index (χ3n) is 1.73. The van der Waals surface area contributed by atoms with Crippen molar-refractivity contribution < 1.29 is 5.11 Å². The monoisotopic (exact) mass is 186 g/mol. The Bertz CT molecular complexity index is 287. The number of aliphatic hydroxyl groups excluding tert-OH is 1. The van der Waals surface area contributed by atoms with E-state index in [1.54, 1.807) is 11.8 Å². The average Bonchev–Trinajstić information content (AvgIpc) is 2.33. The molecule has 0 bridgehead atoms. The first-order valence-electron chi connectivity index (χ1n) is 3.37. The summed E-state index contributed by atoms with van der Waals surface area (Å²) in [5, 5.41) is 10.1. The first kappa shape index (κ1) is 7.47. The molecular formula is C8H7ClOS. The normalized spacial score (nSPS) is 21.8. The van der Waals surface area contributed by atoms with E-state index in [0.717, 1.165) is 16.2 Å². The van der Waals surface area contributed by atoms with Crippen molar-refractivity contribution in [3.05, 3.63) is 28.8 Å². The maximum Gasteiger partial charge on any atom is 0.0895 e. The first-order chi connectivity index (χ1) is 5.27. The number of hydrogen-bond donors (Lipinski definition) is 1. The average molecular weight is 187 g/mol. The van der Waals surface area contributed by atoms with Crippen LogP contribution in [0.25, 0.3) is 0 Å². The van der Waals surface area contributed by atoms with E-state index in [4.69, 9.17) is 11.6 Å². The highest BCUT2D eigenvalue weighted by atomic mass is 35.5. The summed E-state index contributed by atoms with van der Waals surface area (Å²) in [7, 11) is 0. The van der Waals surface area contributed by atoms with Gasteiger partial charge in [-0.3, -0.25) is 0 Å². The maximum absolute atomic E-state index is 9.43. The molecule has 1 atom stereocenters. The van der Waals surface area contributed by atoms with Gasteiger partial charge in [-0.15, -0.1) is 11.8 Å². The van der Waals surface area contributed by atoms with Gasteiger partial charge in [0.1, 0.15) is 0 Å². The molecule has 0 amide bonds. The van der Waals surface area contributed by atoms with Gasteiger partial charge in [-0.1, -0.05) is 11.6 Å². The molecule has 0 radical (unpaired) electrons. The van der Waals surface area contributed by atoms with Crippen molar-refractivity contribution >= 4 is 23.4 Å². The summed E-state index contributed by atoms with van der Waals surface area (Å²) < 4.78 is 0. The highest BCUT2D eigenvalue weighted by Crippen LogP contribution is 2.38. The molecule has 1 aromatic rings. The standard InChI is InChI=1S/C8H7ClOS/c9-5-1-2-8-6(3-5)7(10)4-11-8/h1-3,7,10H,4H2. The van der Waals surface area contributed by atoms with E-state index in [9.17, 15) is 5.11 Å². The van der Waals surface area contributed by atoms with E-state index in [-0.39, 0.29) is 6.10 Å². The fourth-order valence-corrected chi connectivity index (χ4v) is 2.39. The first-order valence-corrected chi connectivity index (χ1v) is 4.74. The highest BCUT2D eigenvalue weighted by molar-refractivity contribution is 7.99. The Morgan fingerprint density at radius 3 is 3.18 bits per heavy atom. The fourth-order valence-electron chi connectivity index (χ4n) is 1.17. The molecule has 58 valence electrons. The molecule has 1 nitrogen and oxygen atoms in total. The third kappa shape index (κ3) is 1.26. The Morgan fingerprint density at radius 2 is 2.36 bits per heavy atom. The van der Waals surface area contributed by atoms with Crippen molar-refractivity contribution in [1.29, 1.82) is 0 Å². The summed E-state index contributed by atoms with van der Waals surface area (Å²) in [4.78, 5) is 1.15. The Balaban J connectivity index is 2.52. The number of hydrogen-bond acceptors (Lipinski definition) is 2. The predicted molar refractivity (Wildman–Crippen MR) is 47.1 cm³/mol. The van der Waals surface area contributed by atoms with E-state index >= 15 is 0 Å². The number of rotatable bonds is 0. The van der Waals surface area contributed by atoms with Crippen LogP contribution in [0.4, 0.5) is 0 Å². The fraction of sp³-hybridized carbons (Fsp3) is 0.250. The molecule has 0 aliphatic carbocycles. The Kier molecular flexibility index (Phi) is 1.83. The highest BCUT2D eigenvalue weighted by Gasteiger charge is 2.20. The molecule has 3 heteroatoms. The van der Waals surface area contributed by atoms with Gasteiger partial charge in [0.05, 0.1) is 6.10 Å². The van der Waals surface area contributed by atoms with Crippen LogP contribution in [-0.2, 0) is 0 Å². The number of halogens is 1. The minimum absolute atomic E-state index is 0.325. The molecule has 0 aromatic heterocycles. The zero-order valence-corrected chi connectivity index (χ0v) is 7.32. The van der Waals surface area contributed by atoms with Gasteiger partial charge in [-0.25, -0.2) is 0 Å². The van der Waals surface area contributed by atoms with Crippen molar-refractivity contribution in [3.63, 3.8) is 0 Å². The summed E-state index contributed by atoms with van der Waals surface area (Å²) in [5.74, 6) is 0.760. The van der Waals surface area contributed by atoms with Gasteiger partial charge in [-0.05, 0) is 23.8 Å². The Labute approximate surface area is 74.4 Å². The topological polar surface area (TPSA) is 20.2 Å². The minimum atomic E-state index is -0.325. The second-order valence-corrected chi connectivity index (χ2v) is 4.01. The lowest BCUT2D eigenvalue weighted by Gasteiger charge is -2.01. The Hall–Kier alpha value is -0.180. The SMILES string of the molecule is OC1CSc2ccc(Cl)cc21.